The van der Waals surface area contributed by atoms with Crippen molar-refractivity contribution in [2.45, 2.75) is 19.4 Å². The van der Waals surface area contributed by atoms with Crippen LogP contribution in [0.5, 0.6) is 0 Å². The molecule has 3 heterocycles. The summed E-state index contributed by atoms with van der Waals surface area (Å²) in [5.41, 5.74) is 2.69. The second-order valence-corrected chi connectivity index (χ2v) is 8.21. The van der Waals surface area contributed by atoms with Crippen LogP contribution in [0, 0.1) is 6.92 Å². The van der Waals surface area contributed by atoms with Crippen LogP contribution in [0.1, 0.15) is 11.3 Å². The number of amides is 1. The smallest absolute Gasteiger partial charge is 0.226 e. The monoisotopic (exact) mass is 366 g/mol. The fourth-order valence-corrected chi connectivity index (χ4v) is 3.75. The van der Waals surface area contributed by atoms with Gasteiger partial charge >= 0.3 is 0 Å². The Morgan fingerprint density at radius 2 is 2.28 bits per heavy atom. The van der Waals surface area contributed by atoms with Crippen molar-refractivity contribution in [3.8, 4) is 0 Å². The van der Waals surface area contributed by atoms with Crippen LogP contribution >= 0.6 is 0 Å². The average molecular weight is 366 g/mol. The fraction of sp³-hybridized carbons (Fsp3) is 0.500. The number of ether oxygens (including phenoxy) is 1. The van der Waals surface area contributed by atoms with Gasteiger partial charge in [-0.15, -0.1) is 0 Å². The van der Waals surface area contributed by atoms with E-state index in [9.17, 15) is 13.2 Å². The highest BCUT2D eigenvalue weighted by molar-refractivity contribution is 7.88. The Hall–Kier alpha value is -1.97. The predicted octanol–water partition coefficient (Wildman–Crippen LogP) is -0.0382. The van der Waals surface area contributed by atoms with Crippen LogP contribution in [0.2, 0.25) is 0 Å². The Morgan fingerprint density at radius 1 is 1.48 bits per heavy atom. The summed E-state index contributed by atoms with van der Waals surface area (Å²) in [5, 5.41) is 2.82. The van der Waals surface area contributed by atoms with Crippen LogP contribution in [-0.4, -0.2) is 66.6 Å². The van der Waals surface area contributed by atoms with E-state index in [1.807, 2.05) is 29.7 Å². The maximum atomic E-state index is 12.2. The topological polar surface area (TPSA) is 93.0 Å². The highest BCUT2D eigenvalue weighted by Gasteiger charge is 2.26. The highest BCUT2D eigenvalue weighted by Crippen LogP contribution is 2.12. The molecule has 0 bridgehead atoms. The second-order valence-electron chi connectivity index (χ2n) is 6.23. The molecule has 1 N–H and O–H groups in total. The van der Waals surface area contributed by atoms with E-state index in [4.69, 9.17) is 4.74 Å². The molecular formula is C16H22N4O4S. The van der Waals surface area contributed by atoms with Crippen molar-refractivity contribution < 1.29 is 17.9 Å². The number of aryl methyl sites for hydroxylation is 1. The van der Waals surface area contributed by atoms with Gasteiger partial charge in [-0.1, -0.05) is 6.07 Å². The Kier molecular flexibility index (Phi) is 5.07. The molecule has 0 aromatic carbocycles. The Balaban J connectivity index is 1.57. The third-order valence-electron chi connectivity index (χ3n) is 4.25. The third-order valence-corrected chi connectivity index (χ3v) is 5.52. The van der Waals surface area contributed by atoms with Gasteiger partial charge in [0.25, 0.3) is 0 Å². The Bertz CT molecular complexity index is 877. The van der Waals surface area contributed by atoms with E-state index < -0.39 is 10.0 Å². The normalized spacial score (nSPS) is 19.2. The predicted molar refractivity (Wildman–Crippen MR) is 92.8 cm³/mol. The summed E-state index contributed by atoms with van der Waals surface area (Å²) in [7, 11) is -3.24. The van der Waals surface area contributed by atoms with E-state index in [1.54, 1.807) is 6.20 Å². The number of morpholine rings is 1. The molecule has 1 saturated heterocycles. The summed E-state index contributed by atoms with van der Waals surface area (Å²) in [6.45, 7) is 3.19. The first kappa shape index (κ1) is 17.8. The number of rotatable bonds is 5. The van der Waals surface area contributed by atoms with Gasteiger partial charge in [0.15, 0.2) is 0 Å². The van der Waals surface area contributed by atoms with Gasteiger partial charge in [0.2, 0.25) is 15.9 Å². The van der Waals surface area contributed by atoms with Crippen LogP contribution in [-0.2, 0) is 26.0 Å². The zero-order chi connectivity index (χ0) is 18.0. The van der Waals surface area contributed by atoms with Crippen LogP contribution < -0.4 is 5.32 Å². The van der Waals surface area contributed by atoms with Crippen molar-refractivity contribution in [3.05, 3.63) is 35.8 Å². The van der Waals surface area contributed by atoms with Crippen LogP contribution in [0.25, 0.3) is 5.65 Å². The molecule has 136 valence electrons. The van der Waals surface area contributed by atoms with Crippen molar-refractivity contribution in [3.63, 3.8) is 0 Å². The van der Waals surface area contributed by atoms with Gasteiger partial charge in [0, 0.05) is 32.0 Å². The molecule has 1 amide bonds. The molecule has 2 aromatic heterocycles. The van der Waals surface area contributed by atoms with E-state index in [0.717, 1.165) is 16.9 Å². The maximum absolute atomic E-state index is 12.2. The van der Waals surface area contributed by atoms with E-state index in [2.05, 4.69) is 10.3 Å². The molecule has 0 saturated carbocycles. The molecule has 2 aromatic rings. The first-order valence-corrected chi connectivity index (χ1v) is 9.94. The minimum atomic E-state index is -3.24. The van der Waals surface area contributed by atoms with Gasteiger partial charge in [-0.2, -0.15) is 4.31 Å². The number of nitrogens with one attached hydrogen (secondary N) is 1. The van der Waals surface area contributed by atoms with Gasteiger partial charge in [-0.3, -0.25) is 4.79 Å². The van der Waals surface area contributed by atoms with Crippen LogP contribution in [0.15, 0.2) is 24.5 Å². The number of fused-ring (bicyclic) bond motifs is 1. The minimum absolute atomic E-state index is 0.150. The fourth-order valence-electron chi connectivity index (χ4n) is 2.90. The number of carbonyl (C=O) groups is 1. The van der Waals surface area contributed by atoms with Crippen molar-refractivity contribution in [1.29, 1.82) is 0 Å². The summed E-state index contributed by atoms with van der Waals surface area (Å²) in [6.07, 6.45) is 4.63. The van der Waals surface area contributed by atoms with Crippen molar-refractivity contribution in [2.75, 3.05) is 32.5 Å². The van der Waals surface area contributed by atoms with Gasteiger partial charge in [-0.05, 0) is 18.6 Å². The summed E-state index contributed by atoms with van der Waals surface area (Å²) in [6, 6.07) is 3.89. The SMILES string of the molecule is Cc1cccn2c(CC(=O)NCC3CN(S(C)(=O)=O)CCO3)cnc12. The number of nitrogens with zero attached hydrogens (tertiary/aromatic N) is 3. The van der Waals surface area contributed by atoms with E-state index >= 15 is 0 Å². The van der Waals surface area contributed by atoms with Crippen molar-refractivity contribution in [2.24, 2.45) is 0 Å². The number of imidazole rings is 1. The summed E-state index contributed by atoms with van der Waals surface area (Å²) in [5.74, 6) is -0.150. The van der Waals surface area contributed by atoms with E-state index in [0.29, 0.717) is 13.2 Å². The van der Waals surface area contributed by atoms with Crippen LogP contribution in [0.4, 0.5) is 0 Å². The molecule has 1 fully saturated rings. The molecule has 9 heteroatoms. The average Bonchev–Trinajstić information content (AvgIpc) is 2.97. The molecule has 1 atom stereocenters. The lowest BCUT2D eigenvalue weighted by atomic mass is 10.2. The lowest BCUT2D eigenvalue weighted by Crippen LogP contribution is -2.49. The largest absolute Gasteiger partial charge is 0.374 e. The Labute approximate surface area is 146 Å². The molecule has 0 aliphatic carbocycles. The van der Waals surface area contributed by atoms with E-state index in [1.165, 1.54) is 10.6 Å². The van der Waals surface area contributed by atoms with Crippen LogP contribution in [0.3, 0.4) is 0 Å². The summed E-state index contributed by atoms with van der Waals surface area (Å²) in [4.78, 5) is 16.6. The molecule has 25 heavy (non-hydrogen) atoms. The van der Waals surface area contributed by atoms with Crippen molar-refractivity contribution in [1.82, 2.24) is 19.0 Å². The maximum Gasteiger partial charge on any atom is 0.226 e. The molecule has 1 aliphatic rings. The van der Waals surface area contributed by atoms with Crippen molar-refractivity contribution >= 4 is 21.6 Å². The molecular weight excluding hydrogens is 344 g/mol. The zero-order valence-corrected chi connectivity index (χ0v) is 15.1. The highest BCUT2D eigenvalue weighted by atomic mass is 32.2. The number of hydrogen-bond donors (Lipinski definition) is 1. The van der Waals surface area contributed by atoms with Gasteiger partial charge in [0.1, 0.15) is 5.65 Å². The quantitative estimate of drug-likeness (QED) is 0.802. The number of pyridine rings is 1. The third kappa shape index (κ3) is 4.17. The first-order valence-electron chi connectivity index (χ1n) is 8.09. The summed E-state index contributed by atoms with van der Waals surface area (Å²) < 4.78 is 32.0. The molecule has 3 rings (SSSR count). The molecule has 0 radical (unpaired) electrons. The standard InChI is InChI=1S/C16H22N4O4S/c1-12-4-3-5-20-13(9-18-16(12)20)8-15(21)17-10-14-11-19(6-7-24-14)25(2,22)23/h3-5,9,14H,6-8,10-11H2,1-2H3,(H,17,21). The van der Waals surface area contributed by atoms with Gasteiger partial charge in [-0.25, -0.2) is 13.4 Å². The van der Waals surface area contributed by atoms with Gasteiger partial charge < -0.3 is 14.5 Å². The number of hydrogen-bond acceptors (Lipinski definition) is 5. The molecule has 0 spiro atoms. The second kappa shape index (κ2) is 7.11. The Morgan fingerprint density at radius 3 is 3.04 bits per heavy atom. The van der Waals surface area contributed by atoms with E-state index in [-0.39, 0.29) is 31.5 Å². The molecule has 1 aliphatic heterocycles. The first-order chi connectivity index (χ1) is 11.8. The minimum Gasteiger partial charge on any atom is -0.374 e. The number of aromatic nitrogens is 2. The zero-order valence-electron chi connectivity index (χ0n) is 14.3. The molecule has 8 nitrogen and oxygen atoms in total. The number of carbonyl (C=O) groups excluding carboxylic acids is 1. The lowest BCUT2D eigenvalue weighted by Gasteiger charge is -2.31. The summed E-state index contributed by atoms with van der Waals surface area (Å²) >= 11 is 0. The lowest BCUT2D eigenvalue weighted by molar-refractivity contribution is -0.121. The van der Waals surface area contributed by atoms with Gasteiger partial charge in [0.05, 0.1) is 31.1 Å². The number of sulfonamides is 1. The molecule has 1 unspecified atom stereocenters.